The molecule has 0 spiro atoms. The van der Waals surface area contributed by atoms with E-state index in [9.17, 15) is 19.5 Å². The summed E-state index contributed by atoms with van der Waals surface area (Å²) in [4.78, 5) is 37.8. The number of benzene rings is 2. The molecule has 1 aromatic heterocycles. The van der Waals surface area contributed by atoms with Crippen molar-refractivity contribution in [3.8, 4) is 17.2 Å². The lowest BCUT2D eigenvalue weighted by molar-refractivity contribution is -0.128. The Bertz CT molecular complexity index is 1250. The minimum atomic E-state index is -0.859. The summed E-state index contributed by atoms with van der Waals surface area (Å²) < 4.78 is 16.3. The molecule has 3 N–H and O–H groups in total. The highest BCUT2D eigenvalue weighted by Crippen LogP contribution is 2.42. The Kier molecular flexibility index (Phi) is 5.72. The average Bonchev–Trinajstić information content (AvgIpc) is 3.24. The third kappa shape index (κ3) is 3.96. The van der Waals surface area contributed by atoms with Crippen LogP contribution in [0.1, 0.15) is 30.4 Å². The predicted octanol–water partition coefficient (Wildman–Crippen LogP) is 2.00. The molecule has 0 aliphatic carbocycles. The lowest BCUT2D eigenvalue weighted by Crippen LogP contribution is -2.44. The maximum absolute atomic E-state index is 13.3. The quantitative estimate of drug-likeness (QED) is 0.537. The smallest absolute Gasteiger partial charge is 0.242 e. The van der Waals surface area contributed by atoms with Gasteiger partial charge in [0.25, 0.3) is 0 Å². The van der Waals surface area contributed by atoms with Gasteiger partial charge in [-0.25, -0.2) is 0 Å². The maximum atomic E-state index is 13.3. The Morgan fingerprint density at radius 1 is 1.12 bits per heavy atom. The summed E-state index contributed by atoms with van der Waals surface area (Å²) in [5.74, 6) is -1.08. The zero-order valence-electron chi connectivity index (χ0n) is 17.5. The summed E-state index contributed by atoms with van der Waals surface area (Å²) in [6.07, 6.45) is 1.09. The van der Waals surface area contributed by atoms with Crippen LogP contribution in [0.15, 0.2) is 51.9 Å². The van der Waals surface area contributed by atoms with E-state index in [1.165, 1.54) is 19.4 Å². The number of carbonyl (C=O) groups is 2. The van der Waals surface area contributed by atoms with E-state index in [0.717, 1.165) is 0 Å². The Balaban J connectivity index is 1.78. The Morgan fingerprint density at radius 3 is 2.59 bits per heavy atom. The molecular formula is C23H22N2O7. The van der Waals surface area contributed by atoms with E-state index in [-0.39, 0.29) is 35.9 Å². The predicted molar refractivity (Wildman–Crippen MR) is 115 cm³/mol. The van der Waals surface area contributed by atoms with Crippen molar-refractivity contribution < 1.29 is 28.6 Å². The molecule has 166 valence electrons. The first-order chi connectivity index (χ1) is 15.4. The molecule has 0 bridgehead atoms. The van der Waals surface area contributed by atoms with Crippen LogP contribution in [-0.4, -0.2) is 36.8 Å². The lowest BCUT2D eigenvalue weighted by atomic mass is 9.87. The van der Waals surface area contributed by atoms with Crippen molar-refractivity contribution in [1.29, 1.82) is 0 Å². The van der Waals surface area contributed by atoms with Crippen LogP contribution in [0.2, 0.25) is 0 Å². The van der Waals surface area contributed by atoms with Gasteiger partial charge in [-0.05, 0) is 25.1 Å². The Hall–Kier alpha value is -4.01. The highest BCUT2D eigenvalue weighted by atomic mass is 16.7. The molecule has 9 heteroatoms. The standard InChI is InChI=1S/C23H22N2O7/c1-12(23(29)24-2)25-21(27)8-14(15-7-19-20(9-17(15)26)32-11-31-19)16-10-30-18-6-4-3-5-13(18)22(16)28/h3-7,9-10,12,14,26H,8,11H2,1-2H3,(H,24,29)(H,25,27)/t12-,14+/m1/s1. The molecule has 0 fully saturated rings. The van der Waals surface area contributed by atoms with Crippen LogP contribution in [0.5, 0.6) is 17.2 Å². The molecule has 0 saturated heterocycles. The number of phenols is 1. The van der Waals surface area contributed by atoms with Gasteiger partial charge < -0.3 is 29.6 Å². The van der Waals surface area contributed by atoms with Crippen molar-refractivity contribution in [3.63, 3.8) is 0 Å². The zero-order valence-corrected chi connectivity index (χ0v) is 17.5. The van der Waals surface area contributed by atoms with Crippen molar-refractivity contribution in [3.05, 3.63) is 64.0 Å². The van der Waals surface area contributed by atoms with Gasteiger partial charge in [0.05, 0.1) is 11.6 Å². The van der Waals surface area contributed by atoms with Crippen LogP contribution in [0.25, 0.3) is 11.0 Å². The van der Waals surface area contributed by atoms with Gasteiger partial charge in [-0.2, -0.15) is 0 Å². The summed E-state index contributed by atoms with van der Waals surface area (Å²) in [7, 11) is 1.47. The van der Waals surface area contributed by atoms with Crippen molar-refractivity contribution >= 4 is 22.8 Å². The number of carbonyl (C=O) groups excluding carboxylic acids is 2. The van der Waals surface area contributed by atoms with Gasteiger partial charge in [0.1, 0.15) is 17.4 Å². The van der Waals surface area contributed by atoms with Gasteiger partial charge in [0, 0.05) is 36.6 Å². The normalized spacial score (nSPS) is 14.1. The van der Waals surface area contributed by atoms with Crippen molar-refractivity contribution in [2.45, 2.75) is 25.3 Å². The number of phenolic OH excluding ortho intramolecular Hbond substituents is 1. The summed E-state index contributed by atoms with van der Waals surface area (Å²) in [5, 5.41) is 16.1. The Morgan fingerprint density at radius 2 is 1.84 bits per heavy atom. The number of hydrogen-bond acceptors (Lipinski definition) is 7. The van der Waals surface area contributed by atoms with Crippen LogP contribution < -0.4 is 25.5 Å². The topological polar surface area (TPSA) is 127 Å². The summed E-state index contributed by atoms with van der Waals surface area (Å²) in [5.41, 5.74) is 0.592. The van der Waals surface area contributed by atoms with Crippen molar-refractivity contribution in [2.24, 2.45) is 0 Å². The van der Waals surface area contributed by atoms with Crippen LogP contribution in [-0.2, 0) is 9.59 Å². The van der Waals surface area contributed by atoms with Gasteiger partial charge in [0.2, 0.25) is 18.6 Å². The van der Waals surface area contributed by atoms with E-state index >= 15 is 0 Å². The van der Waals surface area contributed by atoms with Gasteiger partial charge >= 0.3 is 0 Å². The monoisotopic (exact) mass is 438 g/mol. The fourth-order valence-corrected chi connectivity index (χ4v) is 3.71. The van der Waals surface area contributed by atoms with Crippen LogP contribution in [0.4, 0.5) is 0 Å². The van der Waals surface area contributed by atoms with Crippen LogP contribution >= 0.6 is 0 Å². The number of likely N-dealkylation sites (N-methyl/N-ethyl adjacent to an activating group) is 1. The van der Waals surface area contributed by atoms with E-state index in [1.54, 1.807) is 37.3 Å². The van der Waals surface area contributed by atoms with E-state index in [1.807, 2.05) is 0 Å². The molecule has 3 aromatic rings. The number of ether oxygens (including phenoxy) is 2. The number of hydrogen-bond donors (Lipinski definition) is 3. The molecule has 2 atom stereocenters. The third-order valence-electron chi connectivity index (χ3n) is 5.39. The maximum Gasteiger partial charge on any atom is 0.242 e. The third-order valence-corrected chi connectivity index (χ3v) is 5.39. The Labute approximate surface area is 182 Å². The molecule has 9 nitrogen and oxygen atoms in total. The number of rotatable bonds is 6. The van der Waals surface area contributed by atoms with Crippen LogP contribution in [0, 0.1) is 0 Å². The van der Waals surface area contributed by atoms with Crippen LogP contribution in [0.3, 0.4) is 0 Å². The molecule has 0 saturated carbocycles. The van der Waals surface area contributed by atoms with Gasteiger partial charge in [-0.15, -0.1) is 0 Å². The SMILES string of the molecule is CNC(=O)[C@@H](C)NC(=O)C[C@@H](c1cc2c(cc1O)OCO2)c1coc2ccccc2c1=O. The summed E-state index contributed by atoms with van der Waals surface area (Å²) in [6.45, 7) is 1.55. The van der Waals surface area contributed by atoms with Gasteiger partial charge in [0.15, 0.2) is 16.9 Å². The molecule has 32 heavy (non-hydrogen) atoms. The van der Waals surface area contributed by atoms with Crippen molar-refractivity contribution in [1.82, 2.24) is 10.6 Å². The van der Waals surface area contributed by atoms with E-state index < -0.39 is 17.9 Å². The molecule has 2 heterocycles. The first-order valence-electron chi connectivity index (χ1n) is 10.0. The summed E-state index contributed by atoms with van der Waals surface area (Å²) >= 11 is 0. The second kappa shape index (κ2) is 8.62. The average molecular weight is 438 g/mol. The number of fused-ring (bicyclic) bond motifs is 2. The number of aromatic hydroxyl groups is 1. The number of para-hydroxylation sites is 1. The molecular weight excluding hydrogens is 416 g/mol. The molecule has 2 aromatic carbocycles. The first-order valence-corrected chi connectivity index (χ1v) is 10.0. The molecule has 0 radical (unpaired) electrons. The number of nitrogens with one attached hydrogen (secondary N) is 2. The second-order valence-corrected chi connectivity index (χ2v) is 7.44. The van der Waals surface area contributed by atoms with Gasteiger partial charge in [-0.3, -0.25) is 14.4 Å². The molecule has 1 aliphatic rings. The second-order valence-electron chi connectivity index (χ2n) is 7.44. The minimum absolute atomic E-state index is 0.00510. The zero-order chi connectivity index (χ0) is 22.8. The molecule has 2 amide bonds. The summed E-state index contributed by atoms with van der Waals surface area (Å²) in [6, 6.07) is 8.94. The highest BCUT2D eigenvalue weighted by Gasteiger charge is 2.29. The van der Waals surface area contributed by atoms with Gasteiger partial charge in [-0.1, -0.05) is 12.1 Å². The molecule has 1 aliphatic heterocycles. The lowest BCUT2D eigenvalue weighted by Gasteiger charge is -2.20. The van der Waals surface area contributed by atoms with E-state index in [4.69, 9.17) is 13.9 Å². The fraction of sp³-hybridized carbons (Fsp3) is 0.261. The minimum Gasteiger partial charge on any atom is -0.508 e. The largest absolute Gasteiger partial charge is 0.508 e. The highest BCUT2D eigenvalue weighted by molar-refractivity contribution is 5.87. The van der Waals surface area contributed by atoms with E-state index in [0.29, 0.717) is 28.0 Å². The fourth-order valence-electron chi connectivity index (χ4n) is 3.71. The van der Waals surface area contributed by atoms with E-state index in [2.05, 4.69) is 10.6 Å². The molecule has 4 rings (SSSR count). The number of amides is 2. The van der Waals surface area contributed by atoms with Crippen molar-refractivity contribution in [2.75, 3.05) is 13.8 Å². The first kappa shape index (κ1) is 21.2. The molecule has 0 unspecified atom stereocenters.